The molecular weight excluding hydrogens is 302 g/mol. The molecule has 0 radical (unpaired) electrons. The maximum absolute atomic E-state index is 2.42. The molecule has 0 amide bonds. The molecule has 0 saturated heterocycles. The predicted molar refractivity (Wildman–Crippen MR) is 102 cm³/mol. The Morgan fingerprint density at radius 1 is 0.565 bits per heavy atom. The fourth-order valence-electron chi connectivity index (χ4n) is 2.83. The van der Waals surface area contributed by atoms with E-state index in [0.717, 1.165) is 4.48 Å². The first-order valence-corrected chi connectivity index (χ1v) is 10.0. The fourth-order valence-corrected chi connectivity index (χ4v) is 2.83. The minimum atomic E-state index is 0. The summed E-state index contributed by atoms with van der Waals surface area (Å²) in [7, 11) is 6.87. The van der Waals surface area contributed by atoms with E-state index in [0.29, 0.717) is 0 Å². The minimum Gasteiger partial charge on any atom is -1.00 e. The van der Waals surface area contributed by atoms with Crippen LogP contribution in [0, 0.1) is 0 Å². The van der Waals surface area contributed by atoms with Crippen molar-refractivity contribution in [1.29, 1.82) is 0 Å². The monoisotopic (exact) mass is 345 g/mol. The molecule has 2 heteroatoms. The number of allylic oxidation sites excluding steroid dienone is 2. The molecule has 1 nitrogen and oxygen atoms in total. The van der Waals surface area contributed by atoms with E-state index in [-0.39, 0.29) is 12.4 Å². The summed E-state index contributed by atoms with van der Waals surface area (Å²) in [5, 5.41) is 0. The normalized spacial score (nSPS) is 11.8. The van der Waals surface area contributed by atoms with Gasteiger partial charge in [-0.05, 0) is 38.5 Å². The average molecular weight is 346 g/mol. The third-order valence-electron chi connectivity index (χ3n) is 4.34. The zero-order valence-corrected chi connectivity index (χ0v) is 17.3. The summed E-state index contributed by atoms with van der Waals surface area (Å²) in [6.45, 7) is 3.61. The Kier molecular flexibility index (Phi) is 20.1. The van der Waals surface area contributed by atoms with Crippen molar-refractivity contribution < 1.29 is 16.9 Å². The topological polar surface area (TPSA) is 0 Å². The van der Waals surface area contributed by atoms with Gasteiger partial charge in [-0.3, -0.25) is 0 Å². The summed E-state index contributed by atoms with van der Waals surface area (Å²) in [5.41, 5.74) is 0. The summed E-state index contributed by atoms with van der Waals surface area (Å²) in [6, 6.07) is 0. The number of halogens is 1. The van der Waals surface area contributed by atoms with E-state index >= 15 is 0 Å². The van der Waals surface area contributed by atoms with Gasteiger partial charge in [0.25, 0.3) is 0 Å². The van der Waals surface area contributed by atoms with E-state index in [4.69, 9.17) is 0 Å². The number of rotatable bonds is 16. The summed E-state index contributed by atoms with van der Waals surface area (Å²) in [6.07, 6.45) is 24.4. The molecule has 0 aliphatic rings. The second kappa shape index (κ2) is 18.3. The predicted octanol–water partition coefficient (Wildman–Crippen LogP) is 3.73. The number of unbranched alkanes of at least 4 members (excludes halogenated alkanes) is 12. The molecule has 0 unspecified atom stereocenters. The Morgan fingerprint density at radius 2 is 0.957 bits per heavy atom. The molecular formula is C21H44ClN. The zero-order chi connectivity index (χ0) is 16.5. The lowest BCUT2D eigenvalue weighted by atomic mass is 10.1. The second-order valence-electron chi connectivity index (χ2n) is 7.95. The molecule has 0 rings (SSSR count). The molecule has 0 aromatic carbocycles. The second-order valence-corrected chi connectivity index (χ2v) is 7.95. The van der Waals surface area contributed by atoms with Gasteiger partial charge < -0.3 is 16.9 Å². The highest BCUT2D eigenvalue weighted by Gasteiger charge is 2.04. The molecule has 0 fully saturated rings. The molecule has 0 heterocycles. The number of quaternary nitrogens is 1. The highest BCUT2D eigenvalue weighted by molar-refractivity contribution is 4.81. The first-order valence-electron chi connectivity index (χ1n) is 10.0. The van der Waals surface area contributed by atoms with Gasteiger partial charge in [0.05, 0.1) is 27.7 Å². The lowest BCUT2D eigenvalue weighted by Gasteiger charge is -2.23. The zero-order valence-electron chi connectivity index (χ0n) is 16.6. The van der Waals surface area contributed by atoms with Crippen LogP contribution in [0.15, 0.2) is 12.2 Å². The smallest absolute Gasteiger partial charge is 0.0780 e. The van der Waals surface area contributed by atoms with Crippen molar-refractivity contribution >= 4 is 0 Å². The Morgan fingerprint density at radius 3 is 1.39 bits per heavy atom. The molecule has 0 saturated carbocycles. The SMILES string of the molecule is CCCCCCCC/C=C\CCCCCCCC[N+](C)(C)C.[Cl-]. The Labute approximate surface area is 153 Å². The highest BCUT2D eigenvalue weighted by atomic mass is 35.5. The largest absolute Gasteiger partial charge is 1.00 e. The van der Waals surface area contributed by atoms with E-state index in [9.17, 15) is 0 Å². The van der Waals surface area contributed by atoms with E-state index in [2.05, 4.69) is 40.2 Å². The van der Waals surface area contributed by atoms with Crippen LogP contribution in [0.1, 0.15) is 96.8 Å². The summed E-state index contributed by atoms with van der Waals surface area (Å²) < 4.78 is 1.11. The molecule has 140 valence electrons. The molecule has 0 aliphatic carbocycles. The van der Waals surface area contributed by atoms with E-state index in [1.165, 1.54) is 96.4 Å². The van der Waals surface area contributed by atoms with Gasteiger partial charge in [0.2, 0.25) is 0 Å². The maximum Gasteiger partial charge on any atom is 0.0780 e. The molecule has 0 aromatic heterocycles. The standard InChI is InChI=1S/C21H44N.ClH/c1-5-6-7-8-9-10-11-12-13-14-15-16-17-18-19-20-21-22(2,3)4;/h12-13H,5-11,14-21H2,1-4H3;1H/q+1;/p-1/b13-12-;. The molecule has 0 N–H and O–H groups in total. The third-order valence-corrected chi connectivity index (χ3v) is 4.34. The van der Waals surface area contributed by atoms with Crippen LogP contribution in [-0.4, -0.2) is 32.2 Å². The maximum atomic E-state index is 2.42. The van der Waals surface area contributed by atoms with Crippen LogP contribution < -0.4 is 12.4 Å². The van der Waals surface area contributed by atoms with Crippen molar-refractivity contribution in [2.45, 2.75) is 96.8 Å². The number of hydrogen-bond acceptors (Lipinski definition) is 0. The van der Waals surface area contributed by atoms with Gasteiger partial charge >= 0.3 is 0 Å². The van der Waals surface area contributed by atoms with Crippen molar-refractivity contribution in [1.82, 2.24) is 0 Å². The molecule has 0 spiro atoms. The van der Waals surface area contributed by atoms with Crippen molar-refractivity contribution in [3.05, 3.63) is 12.2 Å². The molecule has 0 bridgehead atoms. The Bertz CT molecular complexity index is 243. The fraction of sp³-hybridized carbons (Fsp3) is 0.905. The first kappa shape index (κ1) is 25.2. The van der Waals surface area contributed by atoms with Crippen LogP contribution in [0.3, 0.4) is 0 Å². The lowest BCUT2D eigenvalue weighted by molar-refractivity contribution is -0.870. The first-order chi connectivity index (χ1) is 10.6. The van der Waals surface area contributed by atoms with E-state index in [1.807, 2.05) is 0 Å². The summed E-state index contributed by atoms with van der Waals surface area (Å²) >= 11 is 0. The summed E-state index contributed by atoms with van der Waals surface area (Å²) in [5.74, 6) is 0. The van der Waals surface area contributed by atoms with Crippen molar-refractivity contribution in [3.63, 3.8) is 0 Å². The van der Waals surface area contributed by atoms with E-state index < -0.39 is 0 Å². The molecule has 0 aromatic rings. The van der Waals surface area contributed by atoms with Gasteiger partial charge in [-0.2, -0.15) is 0 Å². The third kappa shape index (κ3) is 24.4. The Hall–Kier alpha value is -0.0100. The van der Waals surface area contributed by atoms with Crippen molar-refractivity contribution in [2.24, 2.45) is 0 Å². The summed E-state index contributed by atoms with van der Waals surface area (Å²) in [4.78, 5) is 0. The number of hydrogen-bond donors (Lipinski definition) is 0. The Balaban J connectivity index is 0. The van der Waals surface area contributed by atoms with Gasteiger partial charge in [-0.25, -0.2) is 0 Å². The van der Waals surface area contributed by atoms with E-state index in [1.54, 1.807) is 0 Å². The van der Waals surface area contributed by atoms with Gasteiger partial charge in [-0.15, -0.1) is 0 Å². The highest BCUT2D eigenvalue weighted by Crippen LogP contribution is 2.10. The minimum absolute atomic E-state index is 0. The average Bonchev–Trinajstić information content (AvgIpc) is 2.45. The van der Waals surface area contributed by atoms with Crippen LogP contribution >= 0.6 is 0 Å². The van der Waals surface area contributed by atoms with Gasteiger partial charge in [0, 0.05) is 0 Å². The van der Waals surface area contributed by atoms with Gasteiger partial charge in [-0.1, -0.05) is 70.4 Å². The number of nitrogens with zero attached hydrogens (tertiary/aromatic N) is 1. The van der Waals surface area contributed by atoms with Crippen LogP contribution in [0.2, 0.25) is 0 Å². The molecule has 0 atom stereocenters. The van der Waals surface area contributed by atoms with Crippen LogP contribution in [0.25, 0.3) is 0 Å². The van der Waals surface area contributed by atoms with Gasteiger partial charge in [0.15, 0.2) is 0 Å². The molecule has 0 aliphatic heterocycles. The lowest BCUT2D eigenvalue weighted by Crippen LogP contribution is -3.00. The van der Waals surface area contributed by atoms with Crippen molar-refractivity contribution in [3.8, 4) is 0 Å². The van der Waals surface area contributed by atoms with Crippen molar-refractivity contribution in [2.75, 3.05) is 27.7 Å². The van der Waals surface area contributed by atoms with Crippen LogP contribution in [0.4, 0.5) is 0 Å². The quantitative estimate of drug-likeness (QED) is 0.227. The van der Waals surface area contributed by atoms with Gasteiger partial charge in [0.1, 0.15) is 0 Å². The molecule has 23 heavy (non-hydrogen) atoms. The van der Waals surface area contributed by atoms with Crippen LogP contribution in [-0.2, 0) is 0 Å². The van der Waals surface area contributed by atoms with Crippen LogP contribution in [0.5, 0.6) is 0 Å².